The topological polar surface area (TPSA) is 114 Å². The van der Waals surface area contributed by atoms with Crippen LogP contribution in [0.5, 0.6) is 0 Å². The molecule has 1 aromatic carbocycles. The van der Waals surface area contributed by atoms with Crippen LogP contribution in [-0.4, -0.2) is 14.3 Å². The van der Waals surface area contributed by atoms with Crippen LogP contribution in [-0.2, 0) is 0 Å². The molecule has 0 atom stereocenters. The highest BCUT2D eigenvalue weighted by Crippen LogP contribution is 2.31. The van der Waals surface area contributed by atoms with Gasteiger partial charge in [-0.1, -0.05) is 30.3 Å². The van der Waals surface area contributed by atoms with E-state index in [1.165, 1.54) is 11.5 Å². The molecule has 0 aliphatic carbocycles. The minimum atomic E-state index is -0.984. The molecule has 1 N–H and O–H groups in total. The number of nitriles is 2. The van der Waals surface area contributed by atoms with Gasteiger partial charge in [-0.05, 0) is 24.5 Å². The molecule has 0 fully saturated rings. The summed E-state index contributed by atoms with van der Waals surface area (Å²) in [7, 11) is 0. The van der Waals surface area contributed by atoms with Crippen molar-refractivity contribution >= 4 is 22.4 Å². The number of nitrogens with zero attached hydrogens (tertiary/aromatic N) is 6. The summed E-state index contributed by atoms with van der Waals surface area (Å²) >= 11 is 1.24. The standard InChI is InChI=1S/C16H11N7S/c1-10-7-13(24-23-10)21-22-16-14(11-5-3-2-4-6-11)19-15(20-16)12(8-17)9-18/h2-7,12H,1H3,(H,19,20). The van der Waals surface area contributed by atoms with Crippen LogP contribution in [0.25, 0.3) is 11.3 Å². The van der Waals surface area contributed by atoms with Crippen molar-refractivity contribution in [3.8, 4) is 23.4 Å². The number of hydrogen-bond donors (Lipinski definition) is 1. The lowest BCUT2D eigenvalue weighted by Gasteiger charge is -1.97. The van der Waals surface area contributed by atoms with Gasteiger partial charge in [0, 0.05) is 5.56 Å². The van der Waals surface area contributed by atoms with Gasteiger partial charge in [-0.2, -0.15) is 14.9 Å². The average molecular weight is 333 g/mol. The molecule has 8 heteroatoms. The third-order valence-corrected chi connectivity index (χ3v) is 3.92. The first-order valence-corrected chi connectivity index (χ1v) is 7.78. The molecule has 3 aromatic rings. The largest absolute Gasteiger partial charge is 0.338 e. The second-order valence-corrected chi connectivity index (χ2v) is 5.67. The number of aromatic amines is 1. The number of azo groups is 1. The monoisotopic (exact) mass is 333 g/mol. The third kappa shape index (κ3) is 3.19. The van der Waals surface area contributed by atoms with Crippen molar-refractivity contribution in [2.24, 2.45) is 10.2 Å². The Balaban J connectivity index is 2.04. The van der Waals surface area contributed by atoms with E-state index in [0.29, 0.717) is 16.5 Å². The fraction of sp³-hybridized carbons (Fsp3) is 0.125. The van der Waals surface area contributed by atoms with E-state index >= 15 is 0 Å². The zero-order valence-electron chi connectivity index (χ0n) is 12.6. The fourth-order valence-electron chi connectivity index (χ4n) is 2.04. The van der Waals surface area contributed by atoms with Crippen molar-refractivity contribution in [2.45, 2.75) is 12.8 Å². The van der Waals surface area contributed by atoms with Crippen molar-refractivity contribution in [1.29, 1.82) is 10.5 Å². The first-order valence-electron chi connectivity index (χ1n) is 7.01. The molecule has 0 saturated heterocycles. The summed E-state index contributed by atoms with van der Waals surface area (Å²) in [6.45, 7) is 1.88. The normalized spacial score (nSPS) is 10.8. The number of hydrogen-bond acceptors (Lipinski definition) is 7. The minimum Gasteiger partial charge on any atom is -0.338 e. The Labute approximate surface area is 142 Å². The third-order valence-electron chi connectivity index (χ3n) is 3.16. The molecule has 0 spiro atoms. The Kier molecular flexibility index (Phi) is 4.41. The van der Waals surface area contributed by atoms with E-state index in [2.05, 4.69) is 24.6 Å². The van der Waals surface area contributed by atoms with Crippen LogP contribution in [0.1, 0.15) is 17.4 Å². The van der Waals surface area contributed by atoms with Crippen molar-refractivity contribution < 1.29 is 0 Å². The zero-order valence-corrected chi connectivity index (χ0v) is 13.4. The highest BCUT2D eigenvalue weighted by Gasteiger charge is 2.19. The summed E-state index contributed by atoms with van der Waals surface area (Å²) in [5.41, 5.74) is 2.33. The Morgan fingerprint density at radius 3 is 2.54 bits per heavy atom. The highest BCUT2D eigenvalue weighted by molar-refractivity contribution is 7.09. The Morgan fingerprint density at radius 1 is 1.17 bits per heavy atom. The van der Waals surface area contributed by atoms with Gasteiger partial charge < -0.3 is 4.98 Å². The maximum atomic E-state index is 9.07. The highest BCUT2D eigenvalue weighted by atomic mass is 32.1. The quantitative estimate of drug-likeness (QED) is 0.713. The van der Waals surface area contributed by atoms with Crippen LogP contribution in [0.2, 0.25) is 0 Å². The first kappa shape index (κ1) is 15.5. The van der Waals surface area contributed by atoms with Gasteiger partial charge in [0.2, 0.25) is 5.82 Å². The zero-order chi connectivity index (χ0) is 16.9. The SMILES string of the molecule is Cc1cc(N=Nc2nc(C(C#N)C#N)[nH]c2-c2ccccc2)sn1. The first-order chi connectivity index (χ1) is 11.7. The molecule has 0 amide bonds. The van der Waals surface area contributed by atoms with Crippen LogP contribution in [0.3, 0.4) is 0 Å². The van der Waals surface area contributed by atoms with Crippen LogP contribution >= 0.6 is 11.5 Å². The number of H-pyrrole nitrogens is 1. The van der Waals surface area contributed by atoms with E-state index in [-0.39, 0.29) is 5.82 Å². The lowest BCUT2D eigenvalue weighted by molar-refractivity contribution is 0.968. The molecule has 0 radical (unpaired) electrons. The van der Waals surface area contributed by atoms with Crippen LogP contribution in [0.4, 0.5) is 10.8 Å². The molecule has 0 aliphatic rings. The van der Waals surface area contributed by atoms with E-state index < -0.39 is 5.92 Å². The van der Waals surface area contributed by atoms with Gasteiger partial charge >= 0.3 is 0 Å². The average Bonchev–Trinajstić information content (AvgIpc) is 3.21. The second-order valence-electron chi connectivity index (χ2n) is 4.88. The van der Waals surface area contributed by atoms with E-state index in [0.717, 1.165) is 11.3 Å². The molecule has 2 heterocycles. The maximum absolute atomic E-state index is 9.07. The van der Waals surface area contributed by atoms with Gasteiger partial charge in [0.05, 0.1) is 23.5 Å². The molecule has 0 aliphatic heterocycles. The summed E-state index contributed by atoms with van der Waals surface area (Å²) < 4.78 is 4.14. The van der Waals surface area contributed by atoms with E-state index in [1.54, 1.807) is 0 Å². The fourth-order valence-corrected chi connectivity index (χ4v) is 2.63. The molecule has 0 saturated carbocycles. The van der Waals surface area contributed by atoms with Gasteiger partial charge in [0.1, 0.15) is 5.82 Å². The number of rotatable bonds is 4. The second kappa shape index (κ2) is 6.82. The van der Waals surface area contributed by atoms with Crippen molar-refractivity contribution in [3.05, 3.63) is 47.9 Å². The number of benzene rings is 1. The predicted molar refractivity (Wildman–Crippen MR) is 89.0 cm³/mol. The molecular weight excluding hydrogens is 322 g/mol. The smallest absolute Gasteiger partial charge is 0.200 e. The molecule has 7 nitrogen and oxygen atoms in total. The molecule has 0 unspecified atom stereocenters. The number of nitrogens with one attached hydrogen (secondary N) is 1. The van der Waals surface area contributed by atoms with Gasteiger partial charge in [-0.15, -0.1) is 10.2 Å². The summed E-state index contributed by atoms with van der Waals surface area (Å²) in [5.74, 6) is -0.395. The van der Waals surface area contributed by atoms with Crippen LogP contribution in [0.15, 0.2) is 46.6 Å². The maximum Gasteiger partial charge on any atom is 0.200 e. The minimum absolute atomic E-state index is 0.258. The van der Waals surface area contributed by atoms with Gasteiger partial charge in [-0.25, -0.2) is 4.98 Å². The summed E-state index contributed by atoms with van der Waals surface area (Å²) in [6.07, 6.45) is 0. The van der Waals surface area contributed by atoms with Crippen molar-refractivity contribution in [2.75, 3.05) is 0 Å². The summed E-state index contributed by atoms with van der Waals surface area (Å²) in [6, 6.07) is 15.1. The van der Waals surface area contributed by atoms with Gasteiger partial charge in [0.25, 0.3) is 0 Å². The Morgan fingerprint density at radius 2 is 1.92 bits per heavy atom. The lowest BCUT2D eigenvalue weighted by Crippen LogP contribution is -1.94. The number of imidazole rings is 1. The van der Waals surface area contributed by atoms with E-state index in [4.69, 9.17) is 10.5 Å². The van der Waals surface area contributed by atoms with Gasteiger partial charge in [-0.3, -0.25) is 0 Å². The van der Waals surface area contributed by atoms with Gasteiger partial charge in [0.15, 0.2) is 10.9 Å². The molecule has 116 valence electrons. The number of aromatic nitrogens is 3. The van der Waals surface area contributed by atoms with E-state index in [9.17, 15) is 0 Å². The number of aryl methyl sites for hydroxylation is 1. The molecule has 3 rings (SSSR count). The Hall–Kier alpha value is -3.36. The van der Waals surface area contributed by atoms with Crippen LogP contribution < -0.4 is 0 Å². The molecule has 24 heavy (non-hydrogen) atoms. The Bertz CT molecular complexity index is 942. The predicted octanol–water partition coefficient (Wildman–Crippen LogP) is 4.39. The van der Waals surface area contributed by atoms with Crippen molar-refractivity contribution in [1.82, 2.24) is 14.3 Å². The summed E-state index contributed by atoms with van der Waals surface area (Å²) in [5, 5.41) is 27.1. The molecular formula is C16H11N7S. The molecule has 2 aromatic heterocycles. The van der Waals surface area contributed by atoms with Crippen molar-refractivity contribution in [3.63, 3.8) is 0 Å². The summed E-state index contributed by atoms with van der Waals surface area (Å²) in [4.78, 5) is 7.29. The lowest BCUT2D eigenvalue weighted by atomic mass is 10.1. The van der Waals surface area contributed by atoms with Crippen LogP contribution in [0, 0.1) is 29.6 Å². The molecule has 0 bridgehead atoms. The van der Waals surface area contributed by atoms with E-state index in [1.807, 2.05) is 55.5 Å².